The van der Waals surface area contributed by atoms with E-state index in [4.69, 9.17) is 10.5 Å². The average molecular weight is 401 g/mol. The van der Waals surface area contributed by atoms with Gasteiger partial charge in [0.15, 0.2) is 23.2 Å². The summed E-state index contributed by atoms with van der Waals surface area (Å²) in [6.07, 6.45) is -2.04. The van der Waals surface area contributed by atoms with Crippen molar-refractivity contribution in [3.63, 3.8) is 0 Å². The van der Waals surface area contributed by atoms with Crippen molar-refractivity contribution < 1.29 is 25.2 Å². The molecule has 0 unspecified atom stereocenters. The van der Waals surface area contributed by atoms with Crippen LogP contribution in [0.3, 0.4) is 0 Å². The molecule has 4 rings (SSSR count). The lowest BCUT2D eigenvalue weighted by Gasteiger charge is -2.18. The number of phenolic OH excluding ortho intramolecular Hbond substituents is 1. The Bertz CT molecular complexity index is 1060. The van der Waals surface area contributed by atoms with Gasteiger partial charge < -0.3 is 30.9 Å². The van der Waals surface area contributed by atoms with Crippen molar-refractivity contribution in [2.45, 2.75) is 24.5 Å². The zero-order chi connectivity index (χ0) is 20.5. The summed E-state index contributed by atoms with van der Waals surface area (Å²) < 4.78 is 6.98. The third-order valence-electron chi connectivity index (χ3n) is 4.53. The van der Waals surface area contributed by atoms with E-state index < -0.39 is 31.1 Å². The molecule has 0 spiro atoms. The number of rotatable bonds is 5. The van der Waals surface area contributed by atoms with Gasteiger partial charge in [0.05, 0.1) is 12.8 Å². The SMILES string of the molecule is Nc1ncnc2c1nc(N/N=C\c1cccc(O)c1)n2[C@H]1O[C@@H](CO)[C@@H](O)[C@H]1O. The van der Waals surface area contributed by atoms with Gasteiger partial charge in [-0.05, 0) is 17.7 Å². The second-order valence-corrected chi connectivity index (χ2v) is 6.43. The molecule has 7 N–H and O–H groups in total. The Kier molecular flexibility index (Phi) is 4.98. The van der Waals surface area contributed by atoms with Crippen molar-refractivity contribution in [1.29, 1.82) is 0 Å². The predicted molar refractivity (Wildman–Crippen MR) is 102 cm³/mol. The molecule has 2 aromatic heterocycles. The van der Waals surface area contributed by atoms with Gasteiger partial charge in [-0.15, -0.1) is 0 Å². The van der Waals surface area contributed by atoms with E-state index in [0.29, 0.717) is 5.56 Å². The van der Waals surface area contributed by atoms with Gasteiger partial charge in [0.25, 0.3) is 0 Å². The summed E-state index contributed by atoms with van der Waals surface area (Å²) in [6.45, 7) is -0.475. The molecule has 0 radical (unpaired) electrons. The molecule has 0 bridgehead atoms. The Labute approximate surface area is 163 Å². The van der Waals surface area contributed by atoms with Crippen molar-refractivity contribution in [2.24, 2.45) is 5.10 Å². The van der Waals surface area contributed by atoms with Crippen LogP contribution >= 0.6 is 0 Å². The van der Waals surface area contributed by atoms with Crippen LogP contribution in [-0.2, 0) is 4.74 Å². The highest BCUT2D eigenvalue weighted by Gasteiger charge is 2.45. The van der Waals surface area contributed by atoms with Crippen LogP contribution in [-0.4, -0.2) is 71.1 Å². The molecular weight excluding hydrogens is 382 g/mol. The van der Waals surface area contributed by atoms with E-state index in [1.54, 1.807) is 12.1 Å². The smallest absolute Gasteiger partial charge is 0.228 e. The van der Waals surface area contributed by atoms with Gasteiger partial charge in [-0.25, -0.2) is 20.4 Å². The number of nitrogens with one attached hydrogen (secondary N) is 1. The Morgan fingerprint density at radius 2 is 2.10 bits per heavy atom. The second-order valence-electron chi connectivity index (χ2n) is 6.43. The zero-order valence-corrected chi connectivity index (χ0v) is 15.0. The number of nitrogen functional groups attached to an aromatic ring is 1. The lowest BCUT2D eigenvalue weighted by molar-refractivity contribution is -0.0501. The van der Waals surface area contributed by atoms with E-state index in [1.165, 1.54) is 29.2 Å². The van der Waals surface area contributed by atoms with Crippen LogP contribution in [0.2, 0.25) is 0 Å². The number of aromatic hydroxyl groups is 1. The molecule has 12 nitrogen and oxygen atoms in total. The monoisotopic (exact) mass is 401 g/mol. The summed E-state index contributed by atoms with van der Waals surface area (Å²) in [5, 5.41) is 43.5. The number of hydrogen-bond acceptors (Lipinski definition) is 11. The minimum Gasteiger partial charge on any atom is -0.508 e. The maximum Gasteiger partial charge on any atom is 0.228 e. The van der Waals surface area contributed by atoms with Crippen LogP contribution in [0, 0.1) is 0 Å². The summed E-state index contributed by atoms with van der Waals surface area (Å²) in [5.74, 6) is 0.328. The third kappa shape index (κ3) is 3.45. The molecule has 12 heteroatoms. The normalized spacial score (nSPS) is 24.5. The number of nitrogens with two attached hydrogens (primary N) is 1. The minimum absolute atomic E-state index is 0.0933. The van der Waals surface area contributed by atoms with E-state index in [1.807, 2.05) is 0 Å². The zero-order valence-electron chi connectivity index (χ0n) is 15.0. The summed E-state index contributed by atoms with van der Waals surface area (Å²) in [6, 6.07) is 6.46. The van der Waals surface area contributed by atoms with Gasteiger partial charge in [0, 0.05) is 0 Å². The van der Waals surface area contributed by atoms with E-state index in [-0.39, 0.29) is 28.7 Å². The topological polar surface area (TPSA) is 184 Å². The fourth-order valence-corrected chi connectivity index (χ4v) is 3.11. The van der Waals surface area contributed by atoms with Crippen molar-refractivity contribution in [2.75, 3.05) is 17.8 Å². The van der Waals surface area contributed by atoms with Crippen LogP contribution in [0.1, 0.15) is 11.8 Å². The predicted octanol–water partition coefficient (Wildman–Crippen LogP) is -0.828. The van der Waals surface area contributed by atoms with Gasteiger partial charge in [-0.3, -0.25) is 4.57 Å². The molecule has 4 atom stereocenters. The van der Waals surface area contributed by atoms with E-state index in [2.05, 4.69) is 25.5 Å². The molecule has 3 heterocycles. The fourth-order valence-electron chi connectivity index (χ4n) is 3.11. The van der Waals surface area contributed by atoms with Crippen molar-refractivity contribution >= 4 is 29.1 Å². The third-order valence-corrected chi connectivity index (χ3v) is 4.53. The molecule has 1 fully saturated rings. The van der Waals surface area contributed by atoms with Crippen molar-refractivity contribution in [1.82, 2.24) is 19.5 Å². The number of imidazole rings is 1. The number of anilines is 2. The molecule has 152 valence electrons. The number of hydrogen-bond donors (Lipinski definition) is 6. The van der Waals surface area contributed by atoms with E-state index in [0.717, 1.165) is 0 Å². The maximum absolute atomic E-state index is 10.4. The number of nitrogens with zero attached hydrogens (tertiary/aromatic N) is 5. The van der Waals surface area contributed by atoms with Gasteiger partial charge >= 0.3 is 0 Å². The molecule has 1 aliphatic rings. The number of ether oxygens (including phenoxy) is 1. The first kappa shape index (κ1) is 19.0. The summed E-state index contributed by atoms with van der Waals surface area (Å²) >= 11 is 0. The van der Waals surface area contributed by atoms with E-state index >= 15 is 0 Å². The summed E-state index contributed by atoms with van der Waals surface area (Å²) in [5.41, 5.74) is 9.73. The molecular formula is C17H19N7O5. The Hall–Kier alpha value is -3.32. The number of benzene rings is 1. The molecule has 0 amide bonds. The number of aliphatic hydroxyl groups excluding tert-OH is 3. The van der Waals surface area contributed by atoms with Gasteiger partial charge in [0.2, 0.25) is 5.95 Å². The molecule has 0 aliphatic carbocycles. The largest absolute Gasteiger partial charge is 0.508 e. The number of hydrazone groups is 1. The van der Waals surface area contributed by atoms with Gasteiger partial charge in [-0.2, -0.15) is 5.10 Å². The summed E-state index contributed by atoms with van der Waals surface area (Å²) in [4.78, 5) is 12.4. The lowest BCUT2D eigenvalue weighted by atomic mass is 10.1. The molecule has 1 saturated heterocycles. The van der Waals surface area contributed by atoms with Crippen molar-refractivity contribution in [3.8, 4) is 5.75 Å². The van der Waals surface area contributed by atoms with Crippen LogP contribution < -0.4 is 11.2 Å². The lowest BCUT2D eigenvalue weighted by Crippen LogP contribution is -2.33. The first-order valence-corrected chi connectivity index (χ1v) is 8.68. The first-order chi connectivity index (χ1) is 14.0. The Morgan fingerprint density at radius 3 is 2.83 bits per heavy atom. The highest BCUT2D eigenvalue weighted by Crippen LogP contribution is 2.35. The Morgan fingerprint density at radius 1 is 1.28 bits per heavy atom. The number of fused-ring (bicyclic) bond motifs is 1. The maximum atomic E-state index is 10.4. The number of aromatic nitrogens is 4. The highest BCUT2D eigenvalue weighted by atomic mass is 16.6. The average Bonchev–Trinajstić information content (AvgIpc) is 3.20. The number of phenols is 1. The van der Waals surface area contributed by atoms with Crippen LogP contribution in [0.15, 0.2) is 35.7 Å². The molecule has 1 aliphatic heterocycles. The minimum atomic E-state index is -1.35. The van der Waals surface area contributed by atoms with Crippen LogP contribution in [0.25, 0.3) is 11.2 Å². The number of aliphatic hydroxyl groups is 3. The first-order valence-electron chi connectivity index (χ1n) is 8.68. The van der Waals surface area contributed by atoms with Crippen molar-refractivity contribution in [3.05, 3.63) is 36.2 Å². The molecule has 0 saturated carbocycles. The molecule has 29 heavy (non-hydrogen) atoms. The summed E-state index contributed by atoms with van der Waals surface area (Å²) in [7, 11) is 0. The quantitative estimate of drug-likeness (QED) is 0.233. The highest BCUT2D eigenvalue weighted by molar-refractivity contribution is 5.84. The Balaban J connectivity index is 1.72. The second kappa shape index (κ2) is 7.60. The fraction of sp³-hybridized carbons (Fsp3) is 0.294. The van der Waals surface area contributed by atoms with Gasteiger partial charge in [-0.1, -0.05) is 12.1 Å². The molecule has 3 aromatic rings. The van der Waals surface area contributed by atoms with Crippen LogP contribution in [0.5, 0.6) is 5.75 Å². The standard InChI is InChI=1S/C17H19N7O5/c18-14-11-15(20-7-19-14)24(16-13(28)12(27)10(6-25)29-16)17(22-11)23-21-5-8-2-1-3-9(26)4-8/h1-5,7,10,12-13,16,25-28H,6H2,(H,22,23)(H2,18,19,20)/b21-5-/t10-,12+,13+,16-/m0/s1. The molecule has 1 aromatic carbocycles. The van der Waals surface area contributed by atoms with Gasteiger partial charge in [0.1, 0.15) is 30.4 Å². The van der Waals surface area contributed by atoms with Crippen LogP contribution in [0.4, 0.5) is 11.8 Å². The van der Waals surface area contributed by atoms with E-state index in [9.17, 15) is 20.4 Å².